The zero-order chi connectivity index (χ0) is 12.3. The predicted octanol–water partition coefficient (Wildman–Crippen LogP) is 2.98. The molecule has 0 radical (unpaired) electrons. The number of hydrogen-bond acceptors (Lipinski definition) is 3. The van der Waals surface area contributed by atoms with Crippen LogP contribution in [0.1, 0.15) is 18.5 Å². The fourth-order valence-electron chi connectivity index (χ4n) is 1.60. The van der Waals surface area contributed by atoms with Crippen molar-refractivity contribution >= 4 is 11.4 Å². The highest BCUT2D eigenvalue weighted by molar-refractivity contribution is 5.66. The number of nitrogens with zero attached hydrogens (tertiary/aromatic N) is 1. The van der Waals surface area contributed by atoms with Gasteiger partial charge in [-0.25, -0.2) is 4.39 Å². The van der Waals surface area contributed by atoms with Crippen LogP contribution in [-0.4, -0.2) is 4.98 Å². The van der Waals surface area contributed by atoms with E-state index in [4.69, 9.17) is 5.73 Å². The maximum Gasteiger partial charge on any atom is 0.125 e. The highest BCUT2D eigenvalue weighted by atomic mass is 19.1. The summed E-state index contributed by atoms with van der Waals surface area (Å²) in [4.78, 5) is 4.04. The standard InChI is InChI=1S/C13H14FN3/c1-9(10-3-2-6-16-8-10)17-13-7-11(14)4-5-12(13)15/h2-9,17H,15H2,1H3. The molecule has 3 nitrogen and oxygen atoms in total. The van der Waals surface area contributed by atoms with E-state index in [-0.39, 0.29) is 11.9 Å². The molecule has 4 heteroatoms. The third kappa shape index (κ3) is 2.72. The van der Waals surface area contributed by atoms with Gasteiger partial charge in [0.1, 0.15) is 5.82 Å². The number of hydrogen-bond donors (Lipinski definition) is 2. The fraction of sp³-hybridized carbons (Fsp3) is 0.154. The Balaban J connectivity index is 2.18. The van der Waals surface area contributed by atoms with E-state index in [0.29, 0.717) is 11.4 Å². The molecule has 2 aromatic rings. The lowest BCUT2D eigenvalue weighted by Gasteiger charge is -2.16. The molecule has 0 amide bonds. The average Bonchev–Trinajstić information content (AvgIpc) is 2.35. The normalized spacial score (nSPS) is 12.1. The quantitative estimate of drug-likeness (QED) is 0.798. The van der Waals surface area contributed by atoms with E-state index >= 15 is 0 Å². The molecule has 1 unspecified atom stereocenters. The number of halogens is 1. The van der Waals surface area contributed by atoms with Crippen molar-refractivity contribution in [2.45, 2.75) is 13.0 Å². The Morgan fingerprint density at radius 1 is 1.35 bits per heavy atom. The average molecular weight is 231 g/mol. The van der Waals surface area contributed by atoms with Crippen LogP contribution < -0.4 is 11.1 Å². The zero-order valence-electron chi connectivity index (χ0n) is 9.52. The summed E-state index contributed by atoms with van der Waals surface area (Å²) in [6.07, 6.45) is 3.49. The van der Waals surface area contributed by atoms with E-state index in [1.165, 1.54) is 12.1 Å². The van der Waals surface area contributed by atoms with E-state index in [0.717, 1.165) is 5.56 Å². The number of nitrogen functional groups attached to an aromatic ring is 1. The van der Waals surface area contributed by atoms with Gasteiger partial charge in [-0.1, -0.05) is 6.07 Å². The molecule has 0 aliphatic carbocycles. The molecule has 0 aliphatic rings. The molecular weight excluding hydrogens is 217 g/mol. The van der Waals surface area contributed by atoms with Crippen LogP contribution in [0.3, 0.4) is 0 Å². The summed E-state index contributed by atoms with van der Waals surface area (Å²) in [5, 5.41) is 3.16. The van der Waals surface area contributed by atoms with Gasteiger partial charge >= 0.3 is 0 Å². The van der Waals surface area contributed by atoms with E-state index in [1.54, 1.807) is 18.5 Å². The maximum absolute atomic E-state index is 13.1. The van der Waals surface area contributed by atoms with Crippen molar-refractivity contribution in [1.29, 1.82) is 0 Å². The topological polar surface area (TPSA) is 50.9 Å². The van der Waals surface area contributed by atoms with Crippen LogP contribution in [-0.2, 0) is 0 Å². The minimum Gasteiger partial charge on any atom is -0.397 e. The minimum absolute atomic E-state index is 0.0211. The van der Waals surface area contributed by atoms with Gasteiger partial charge < -0.3 is 11.1 Å². The van der Waals surface area contributed by atoms with E-state index in [9.17, 15) is 4.39 Å². The second-order valence-electron chi connectivity index (χ2n) is 3.88. The van der Waals surface area contributed by atoms with Crippen molar-refractivity contribution in [3.8, 4) is 0 Å². The molecule has 88 valence electrons. The van der Waals surface area contributed by atoms with Gasteiger partial charge in [0.2, 0.25) is 0 Å². The number of benzene rings is 1. The SMILES string of the molecule is CC(Nc1cc(F)ccc1N)c1cccnc1. The van der Waals surface area contributed by atoms with Crippen molar-refractivity contribution in [2.75, 3.05) is 11.1 Å². The third-order valence-electron chi connectivity index (χ3n) is 2.57. The Kier molecular flexibility index (Phi) is 3.23. The van der Waals surface area contributed by atoms with Crippen molar-refractivity contribution in [1.82, 2.24) is 4.98 Å². The Morgan fingerprint density at radius 3 is 2.88 bits per heavy atom. The number of nitrogens with one attached hydrogen (secondary N) is 1. The molecule has 0 aliphatic heterocycles. The fourth-order valence-corrected chi connectivity index (χ4v) is 1.60. The van der Waals surface area contributed by atoms with Crippen LogP contribution in [0.5, 0.6) is 0 Å². The monoisotopic (exact) mass is 231 g/mol. The predicted molar refractivity (Wildman–Crippen MR) is 67.1 cm³/mol. The minimum atomic E-state index is -0.305. The van der Waals surface area contributed by atoms with Gasteiger partial charge in [-0.15, -0.1) is 0 Å². The molecule has 3 N–H and O–H groups in total. The van der Waals surface area contributed by atoms with Crippen molar-refractivity contribution in [2.24, 2.45) is 0 Å². The molecule has 1 atom stereocenters. The molecule has 0 saturated carbocycles. The summed E-state index contributed by atoms with van der Waals surface area (Å²) in [6.45, 7) is 1.97. The lowest BCUT2D eigenvalue weighted by molar-refractivity contribution is 0.628. The Labute approximate surface area is 99.5 Å². The van der Waals surface area contributed by atoms with Crippen LogP contribution in [0.25, 0.3) is 0 Å². The molecule has 0 saturated heterocycles. The van der Waals surface area contributed by atoms with Gasteiger partial charge in [0.15, 0.2) is 0 Å². The molecule has 17 heavy (non-hydrogen) atoms. The summed E-state index contributed by atoms with van der Waals surface area (Å²) in [6, 6.07) is 8.13. The molecule has 0 bridgehead atoms. The van der Waals surface area contributed by atoms with Crippen molar-refractivity contribution < 1.29 is 4.39 Å². The number of anilines is 2. The Bertz CT molecular complexity index is 499. The van der Waals surface area contributed by atoms with Gasteiger partial charge in [-0.05, 0) is 36.8 Å². The maximum atomic E-state index is 13.1. The molecular formula is C13H14FN3. The first-order chi connectivity index (χ1) is 8.16. The molecule has 0 fully saturated rings. The highest BCUT2D eigenvalue weighted by Gasteiger charge is 2.07. The van der Waals surface area contributed by atoms with Crippen LogP contribution in [0.4, 0.5) is 15.8 Å². The number of rotatable bonds is 3. The molecule has 1 aromatic heterocycles. The van der Waals surface area contributed by atoms with Crippen molar-refractivity contribution in [3.63, 3.8) is 0 Å². The molecule has 1 aromatic carbocycles. The largest absolute Gasteiger partial charge is 0.397 e. The summed E-state index contributed by atoms with van der Waals surface area (Å²) < 4.78 is 13.1. The summed E-state index contributed by atoms with van der Waals surface area (Å²) in [7, 11) is 0. The first-order valence-corrected chi connectivity index (χ1v) is 5.38. The zero-order valence-corrected chi connectivity index (χ0v) is 9.52. The van der Waals surface area contributed by atoms with Gasteiger partial charge in [0, 0.05) is 12.4 Å². The summed E-state index contributed by atoms with van der Waals surface area (Å²) in [5.41, 5.74) is 7.92. The molecule has 0 spiro atoms. The lowest BCUT2D eigenvalue weighted by Crippen LogP contribution is -2.08. The summed E-state index contributed by atoms with van der Waals surface area (Å²) >= 11 is 0. The van der Waals surface area contributed by atoms with E-state index < -0.39 is 0 Å². The van der Waals surface area contributed by atoms with Crippen LogP contribution in [0.15, 0.2) is 42.7 Å². The second kappa shape index (κ2) is 4.82. The lowest BCUT2D eigenvalue weighted by atomic mass is 10.1. The van der Waals surface area contributed by atoms with Gasteiger partial charge in [-0.3, -0.25) is 4.98 Å². The highest BCUT2D eigenvalue weighted by Crippen LogP contribution is 2.24. The van der Waals surface area contributed by atoms with Crippen LogP contribution in [0, 0.1) is 5.82 Å². The Morgan fingerprint density at radius 2 is 2.18 bits per heavy atom. The van der Waals surface area contributed by atoms with Crippen LogP contribution in [0.2, 0.25) is 0 Å². The van der Waals surface area contributed by atoms with Crippen LogP contribution >= 0.6 is 0 Å². The number of aromatic nitrogens is 1. The second-order valence-corrected chi connectivity index (χ2v) is 3.88. The first-order valence-electron chi connectivity index (χ1n) is 5.38. The third-order valence-corrected chi connectivity index (χ3v) is 2.57. The van der Waals surface area contributed by atoms with Gasteiger partial charge in [-0.2, -0.15) is 0 Å². The van der Waals surface area contributed by atoms with E-state index in [2.05, 4.69) is 10.3 Å². The molecule has 2 rings (SSSR count). The molecule has 1 heterocycles. The smallest absolute Gasteiger partial charge is 0.125 e. The number of nitrogens with two attached hydrogens (primary N) is 1. The van der Waals surface area contributed by atoms with E-state index in [1.807, 2.05) is 19.1 Å². The van der Waals surface area contributed by atoms with Crippen molar-refractivity contribution in [3.05, 3.63) is 54.1 Å². The van der Waals surface area contributed by atoms with Gasteiger partial charge in [0.25, 0.3) is 0 Å². The van der Waals surface area contributed by atoms with Gasteiger partial charge in [0.05, 0.1) is 17.4 Å². The number of pyridine rings is 1. The summed E-state index contributed by atoms with van der Waals surface area (Å²) in [5.74, 6) is -0.305. The Hall–Kier alpha value is -2.10. The first kappa shape index (κ1) is 11.4.